The first kappa shape index (κ1) is 22.7. The number of aliphatic hydroxyl groups is 1. The summed E-state index contributed by atoms with van der Waals surface area (Å²) in [7, 11) is 0. The van der Waals surface area contributed by atoms with Gasteiger partial charge in [0, 0.05) is 43.0 Å². The molecule has 0 aromatic carbocycles. The van der Waals surface area contributed by atoms with E-state index in [1.165, 1.54) is 0 Å². The maximum atomic E-state index is 14.2. The monoisotopic (exact) mass is 486 g/mol. The second kappa shape index (κ2) is 8.44. The summed E-state index contributed by atoms with van der Waals surface area (Å²) in [5.74, 6) is 2.33. The number of amides is 1. The number of rotatable bonds is 3. The zero-order chi connectivity index (χ0) is 25.1. The number of aliphatic hydroxyl groups excluding tert-OH is 1. The van der Waals surface area contributed by atoms with E-state index in [-0.39, 0.29) is 18.0 Å². The van der Waals surface area contributed by atoms with Gasteiger partial charge < -0.3 is 19.3 Å². The summed E-state index contributed by atoms with van der Waals surface area (Å²) < 4.78 is 7.63. The van der Waals surface area contributed by atoms with Crippen LogP contribution in [0.1, 0.15) is 53.8 Å². The molecule has 6 rings (SSSR count). The highest BCUT2D eigenvalue weighted by atomic mass is 16.3. The van der Waals surface area contributed by atoms with Crippen molar-refractivity contribution in [1.29, 1.82) is 0 Å². The fraction of sp³-hybridized carbons (Fsp3) is 0.407. The maximum Gasteiger partial charge on any atom is 0.255 e. The number of fused-ring (bicyclic) bond motifs is 4. The van der Waals surface area contributed by atoms with Gasteiger partial charge in [-0.15, -0.1) is 0 Å². The van der Waals surface area contributed by atoms with E-state index in [0.717, 1.165) is 33.9 Å². The summed E-state index contributed by atoms with van der Waals surface area (Å²) in [4.78, 5) is 27.8. The van der Waals surface area contributed by atoms with Gasteiger partial charge in [0.2, 0.25) is 0 Å². The maximum absolute atomic E-state index is 14.2. The Morgan fingerprint density at radius 2 is 2.06 bits per heavy atom. The lowest BCUT2D eigenvalue weighted by atomic mass is 10.1. The van der Waals surface area contributed by atoms with Crippen molar-refractivity contribution < 1.29 is 14.3 Å². The highest BCUT2D eigenvalue weighted by molar-refractivity contribution is 6.06. The molecule has 0 aliphatic carbocycles. The van der Waals surface area contributed by atoms with E-state index in [2.05, 4.69) is 15.0 Å². The topological polar surface area (TPSA) is 101 Å². The van der Waals surface area contributed by atoms with Crippen LogP contribution in [0.3, 0.4) is 0 Å². The molecule has 2 atom stereocenters. The van der Waals surface area contributed by atoms with E-state index in [9.17, 15) is 9.90 Å². The van der Waals surface area contributed by atoms with Crippen LogP contribution in [0.25, 0.3) is 22.3 Å². The fourth-order valence-electron chi connectivity index (χ4n) is 5.58. The van der Waals surface area contributed by atoms with E-state index in [1.807, 2.05) is 61.5 Å². The third-order valence-electron chi connectivity index (χ3n) is 7.21. The first-order chi connectivity index (χ1) is 17.3. The molecule has 9 nitrogen and oxygen atoms in total. The van der Waals surface area contributed by atoms with Crippen molar-refractivity contribution in [1.82, 2.24) is 24.6 Å². The number of furan rings is 1. The Morgan fingerprint density at radius 1 is 1.22 bits per heavy atom. The summed E-state index contributed by atoms with van der Waals surface area (Å²) in [6, 6.07) is 7.83. The molecule has 4 aromatic heterocycles. The van der Waals surface area contributed by atoms with Crippen molar-refractivity contribution in [3.8, 4) is 11.3 Å². The standard InChI is InChI=1S/C27H30N6O3/c1-15(2)33-26-23(11-29-33)22(10-24(30-26)21-8-16(3)36-17(21)4)27(35)31-12-18-6-5-7-28-25(18)32-14-20(34)9-19(32)13-31/h5-8,10-11,15,19-20,34H,9,12-14H2,1-4H3/t19-,20+/m0/s1. The Morgan fingerprint density at radius 3 is 2.81 bits per heavy atom. The Kier molecular flexibility index (Phi) is 5.33. The number of hydrogen-bond donors (Lipinski definition) is 1. The third-order valence-corrected chi connectivity index (χ3v) is 7.21. The minimum Gasteiger partial charge on any atom is -0.466 e. The van der Waals surface area contributed by atoms with Crippen LogP contribution in [0.5, 0.6) is 0 Å². The Labute approximate surface area is 209 Å². The first-order valence-corrected chi connectivity index (χ1v) is 12.4. The van der Waals surface area contributed by atoms with E-state index in [4.69, 9.17) is 9.40 Å². The summed E-state index contributed by atoms with van der Waals surface area (Å²) in [5.41, 5.74) is 3.79. The van der Waals surface area contributed by atoms with Crippen molar-refractivity contribution in [3.05, 3.63) is 59.3 Å². The molecule has 36 heavy (non-hydrogen) atoms. The minimum absolute atomic E-state index is 0.00838. The van der Waals surface area contributed by atoms with Gasteiger partial charge in [-0.2, -0.15) is 5.10 Å². The highest BCUT2D eigenvalue weighted by Gasteiger charge is 2.38. The molecule has 2 aliphatic rings. The SMILES string of the molecule is Cc1cc(-c2cc(C(=O)N3Cc4cccnc4N4C[C@H](O)C[C@H]4C3)c3cnn(C(C)C)c3n2)c(C)o1. The van der Waals surface area contributed by atoms with Gasteiger partial charge in [0.1, 0.15) is 17.3 Å². The number of anilines is 1. The predicted molar refractivity (Wildman–Crippen MR) is 136 cm³/mol. The summed E-state index contributed by atoms with van der Waals surface area (Å²) in [6.07, 6.45) is 3.68. The van der Waals surface area contributed by atoms with Crippen LogP contribution in [0.2, 0.25) is 0 Å². The van der Waals surface area contributed by atoms with Gasteiger partial charge in [0.25, 0.3) is 5.91 Å². The highest BCUT2D eigenvalue weighted by Crippen LogP contribution is 2.34. The van der Waals surface area contributed by atoms with Gasteiger partial charge in [-0.3, -0.25) is 4.79 Å². The number of nitrogens with zero attached hydrogens (tertiary/aromatic N) is 6. The molecule has 1 amide bonds. The number of carbonyl (C=O) groups is 1. The number of carbonyl (C=O) groups excluding carboxylic acids is 1. The molecule has 1 N–H and O–H groups in total. The number of aryl methyl sites for hydroxylation is 2. The molecule has 6 heterocycles. The molecule has 9 heteroatoms. The van der Waals surface area contributed by atoms with Crippen LogP contribution in [0.15, 0.2) is 41.1 Å². The minimum atomic E-state index is -0.435. The second-order valence-corrected chi connectivity index (χ2v) is 10.2. The van der Waals surface area contributed by atoms with E-state index >= 15 is 0 Å². The van der Waals surface area contributed by atoms with Crippen LogP contribution in [0.4, 0.5) is 5.82 Å². The lowest BCUT2D eigenvalue weighted by molar-refractivity contribution is 0.0735. The van der Waals surface area contributed by atoms with Gasteiger partial charge in [-0.1, -0.05) is 6.07 Å². The molecular weight excluding hydrogens is 456 g/mol. The average molecular weight is 487 g/mol. The van der Waals surface area contributed by atoms with Gasteiger partial charge in [-0.25, -0.2) is 14.6 Å². The first-order valence-electron chi connectivity index (χ1n) is 12.4. The smallest absolute Gasteiger partial charge is 0.255 e. The van der Waals surface area contributed by atoms with Gasteiger partial charge in [0.15, 0.2) is 5.65 Å². The quantitative estimate of drug-likeness (QED) is 0.469. The van der Waals surface area contributed by atoms with Crippen LogP contribution >= 0.6 is 0 Å². The normalized spacial score (nSPS) is 19.6. The lowest BCUT2D eigenvalue weighted by Crippen LogP contribution is -2.40. The molecule has 0 bridgehead atoms. The Hall–Kier alpha value is -3.72. The summed E-state index contributed by atoms with van der Waals surface area (Å²) in [6.45, 7) is 9.40. The molecule has 0 unspecified atom stereocenters. The molecular formula is C27H30N6O3. The molecule has 1 fully saturated rings. The molecule has 2 aliphatic heterocycles. The van der Waals surface area contributed by atoms with Crippen molar-refractivity contribution in [3.63, 3.8) is 0 Å². The van der Waals surface area contributed by atoms with Crippen molar-refractivity contribution in [2.24, 2.45) is 0 Å². The number of aromatic nitrogens is 4. The Balaban J connectivity index is 1.48. The van der Waals surface area contributed by atoms with E-state index < -0.39 is 6.10 Å². The average Bonchev–Trinajstić information content (AvgIpc) is 3.51. The van der Waals surface area contributed by atoms with Gasteiger partial charge >= 0.3 is 0 Å². The zero-order valence-electron chi connectivity index (χ0n) is 21.0. The zero-order valence-corrected chi connectivity index (χ0v) is 21.0. The molecule has 0 radical (unpaired) electrons. The largest absolute Gasteiger partial charge is 0.466 e. The molecule has 4 aromatic rings. The molecule has 0 saturated carbocycles. The van der Waals surface area contributed by atoms with Crippen molar-refractivity contribution >= 4 is 22.8 Å². The number of pyridine rings is 2. The van der Waals surface area contributed by atoms with Crippen LogP contribution in [-0.4, -0.2) is 60.9 Å². The molecule has 0 spiro atoms. The van der Waals surface area contributed by atoms with Gasteiger partial charge in [0.05, 0.1) is 35.0 Å². The Bertz CT molecular complexity index is 1470. The van der Waals surface area contributed by atoms with E-state index in [0.29, 0.717) is 43.0 Å². The predicted octanol–water partition coefficient (Wildman–Crippen LogP) is 3.88. The van der Waals surface area contributed by atoms with E-state index in [1.54, 1.807) is 12.4 Å². The van der Waals surface area contributed by atoms with Crippen LogP contribution < -0.4 is 4.90 Å². The van der Waals surface area contributed by atoms with Gasteiger partial charge in [-0.05, 0) is 52.3 Å². The lowest BCUT2D eigenvalue weighted by Gasteiger charge is -2.27. The molecule has 1 saturated heterocycles. The van der Waals surface area contributed by atoms with Crippen LogP contribution in [-0.2, 0) is 6.54 Å². The van der Waals surface area contributed by atoms with Crippen LogP contribution in [0, 0.1) is 13.8 Å². The van der Waals surface area contributed by atoms with Crippen molar-refractivity contribution in [2.75, 3.05) is 18.0 Å². The second-order valence-electron chi connectivity index (χ2n) is 10.2. The molecule has 186 valence electrons. The fourth-order valence-corrected chi connectivity index (χ4v) is 5.58. The third kappa shape index (κ3) is 3.65. The number of hydrogen-bond acceptors (Lipinski definition) is 7. The summed E-state index contributed by atoms with van der Waals surface area (Å²) in [5, 5.41) is 15.7. The summed E-state index contributed by atoms with van der Waals surface area (Å²) >= 11 is 0. The van der Waals surface area contributed by atoms with Crippen molar-refractivity contribution in [2.45, 2.75) is 58.8 Å².